The minimum atomic E-state index is -1.28. The number of carbonyl (C=O) groups excluding carboxylic acids is 1. The number of aliphatic hydroxyl groups is 1. The lowest BCUT2D eigenvalue weighted by Crippen LogP contribution is -2.11. The van der Waals surface area contributed by atoms with Gasteiger partial charge in [0.05, 0.1) is 26.4 Å². The van der Waals surface area contributed by atoms with Crippen LogP contribution in [-0.2, 0) is 6.61 Å². The van der Waals surface area contributed by atoms with Gasteiger partial charge in [0, 0.05) is 5.56 Å². The van der Waals surface area contributed by atoms with Crippen molar-refractivity contribution in [3.8, 4) is 28.7 Å². The first kappa shape index (κ1) is 18.5. The van der Waals surface area contributed by atoms with Crippen LogP contribution >= 0.6 is 0 Å². The van der Waals surface area contributed by atoms with Crippen LogP contribution in [0.5, 0.6) is 28.7 Å². The molecule has 0 radical (unpaired) electrons. The van der Waals surface area contributed by atoms with Crippen LogP contribution in [0.1, 0.15) is 37.4 Å². The van der Waals surface area contributed by atoms with Gasteiger partial charge in [0.25, 0.3) is 0 Å². The normalized spacial score (nSPS) is 12.3. The number of aliphatic hydroxyl groups excluding tert-OH is 1. The molecule has 3 rings (SSSR count). The highest BCUT2D eigenvalue weighted by Gasteiger charge is 2.34. The molecule has 0 fully saturated rings. The average molecular weight is 374 g/mol. The molecule has 2 N–H and O–H groups in total. The number of aromatic carboxylic acids is 1. The van der Waals surface area contributed by atoms with Gasteiger partial charge in [-0.2, -0.15) is 0 Å². The van der Waals surface area contributed by atoms with Crippen molar-refractivity contribution in [3.05, 3.63) is 39.9 Å². The third-order valence-corrected chi connectivity index (χ3v) is 4.41. The van der Waals surface area contributed by atoms with Crippen molar-refractivity contribution in [1.29, 1.82) is 0 Å². The molecule has 8 heteroatoms. The fourth-order valence-corrected chi connectivity index (χ4v) is 3.05. The van der Waals surface area contributed by atoms with E-state index in [9.17, 15) is 19.8 Å². The molecule has 0 aliphatic carbocycles. The molecule has 0 spiro atoms. The van der Waals surface area contributed by atoms with E-state index in [4.69, 9.17) is 18.9 Å². The molecule has 142 valence electrons. The Balaban J connectivity index is 2.38. The molecular formula is C19H18O8. The van der Waals surface area contributed by atoms with E-state index in [2.05, 4.69) is 0 Å². The van der Waals surface area contributed by atoms with Gasteiger partial charge in [-0.1, -0.05) is 0 Å². The first-order chi connectivity index (χ1) is 12.8. The lowest BCUT2D eigenvalue weighted by Gasteiger charge is -2.17. The zero-order valence-electron chi connectivity index (χ0n) is 15.2. The highest BCUT2D eigenvalue weighted by Crippen LogP contribution is 2.48. The van der Waals surface area contributed by atoms with E-state index < -0.39 is 18.5 Å². The number of carboxylic acid groups (broad SMARTS) is 1. The predicted molar refractivity (Wildman–Crippen MR) is 93.4 cm³/mol. The minimum absolute atomic E-state index is 0.00478. The number of esters is 1. The van der Waals surface area contributed by atoms with E-state index in [1.165, 1.54) is 20.3 Å². The summed E-state index contributed by atoms with van der Waals surface area (Å²) in [7, 11) is 2.80. The highest BCUT2D eigenvalue weighted by atomic mass is 16.6. The second-order valence-electron chi connectivity index (χ2n) is 5.94. The summed E-state index contributed by atoms with van der Waals surface area (Å²) in [6.07, 6.45) is 0. The van der Waals surface area contributed by atoms with Crippen LogP contribution in [0.25, 0.3) is 0 Å². The van der Waals surface area contributed by atoms with Gasteiger partial charge in [-0.25, -0.2) is 9.59 Å². The van der Waals surface area contributed by atoms with Crippen LogP contribution in [0.3, 0.4) is 0 Å². The van der Waals surface area contributed by atoms with Gasteiger partial charge >= 0.3 is 11.9 Å². The SMILES string of the molecule is COc1cc(C(=O)O)c2c(c1C)OC(=O)c1c(C)cc(OC)c(CO)c1O2. The van der Waals surface area contributed by atoms with Crippen molar-refractivity contribution < 1.29 is 38.7 Å². The van der Waals surface area contributed by atoms with Gasteiger partial charge in [0.2, 0.25) is 0 Å². The zero-order chi connectivity index (χ0) is 19.9. The number of hydrogen-bond donors (Lipinski definition) is 2. The van der Waals surface area contributed by atoms with Crippen molar-refractivity contribution in [2.75, 3.05) is 14.2 Å². The number of methoxy groups -OCH3 is 2. The van der Waals surface area contributed by atoms with E-state index >= 15 is 0 Å². The van der Waals surface area contributed by atoms with E-state index in [1.54, 1.807) is 19.9 Å². The van der Waals surface area contributed by atoms with Crippen molar-refractivity contribution >= 4 is 11.9 Å². The molecule has 8 nitrogen and oxygen atoms in total. The molecule has 0 bridgehead atoms. The number of aryl methyl sites for hydroxylation is 1. The molecule has 0 saturated heterocycles. The molecule has 0 atom stereocenters. The molecule has 0 saturated carbocycles. The Morgan fingerprint density at radius 1 is 1.04 bits per heavy atom. The summed E-state index contributed by atoms with van der Waals surface area (Å²) in [4.78, 5) is 24.5. The zero-order valence-corrected chi connectivity index (χ0v) is 15.2. The first-order valence-electron chi connectivity index (χ1n) is 8.00. The van der Waals surface area contributed by atoms with Gasteiger partial charge < -0.3 is 29.2 Å². The van der Waals surface area contributed by atoms with Crippen LogP contribution in [0.4, 0.5) is 0 Å². The van der Waals surface area contributed by atoms with Crippen LogP contribution in [-0.4, -0.2) is 36.4 Å². The maximum Gasteiger partial charge on any atom is 0.347 e. The number of benzene rings is 2. The number of carbonyl (C=O) groups is 2. The van der Waals surface area contributed by atoms with E-state index in [1.807, 2.05) is 0 Å². The maximum atomic E-state index is 12.8. The second kappa shape index (κ2) is 6.81. The second-order valence-corrected chi connectivity index (χ2v) is 5.94. The lowest BCUT2D eigenvalue weighted by atomic mass is 10.0. The number of rotatable bonds is 4. The Morgan fingerprint density at radius 3 is 2.26 bits per heavy atom. The molecule has 0 amide bonds. The van der Waals surface area contributed by atoms with Gasteiger partial charge in [-0.05, 0) is 31.5 Å². The van der Waals surface area contributed by atoms with Crippen LogP contribution < -0.4 is 18.9 Å². The van der Waals surface area contributed by atoms with Crippen LogP contribution in [0.2, 0.25) is 0 Å². The molecular weight excluding hydrogens is 356 g/mol. The Hall–Kier alpha value is -3.26. The van der Waals surface area contributed by atoms with Gasteiger partial charge in [0.1, 0.15) is 22.6 Å². The average Bonchev–Trinajstić information content (AvgIpc) is 2.78. The summed E-state index contributed by atoms with van der Waals surface area (Å²) >= 11 is 0. The molecule has 27 heavy (non-hydrogen) atoms. The molecule has 1 heterocycles. The van der Waals surface area contributed by atoms with Gasteiger partial charge in [-0.3, -0.25) is 0 Å². The smallest absolute Gasteiger partial charge is 0.347 e. The van der Waals surface area contributed by atoms with Crippen molar-refractivity contribution in [2.24, 2.45) is 0 Å². The molecule has 2 aromatic rings. The van der Waals surface area contributed by atoms with Crippen LogP contribution in [0, 0.1) is 13.8 Å². The van der Waals surface area contributed by atoms with Crippen LogP contribution in [0.15, 0.2) is 12.1 Å². The Kier molecular flexibility index (Phi) is 4.67. The Morgan fingerprint density at radius 2 is 1.70 bits per heavy atom. The van der Waals surface area contributed by atoms with Crippen molar-refractivity contribution in [3.63, 3.8) is 0 Å². The Bertz CT molecular complexity index is 961. The van der Waals surface area contributed by atoms with Gasteiger partial charge in [0.15, 0.2) is 17.2 Å². The minimum Gasteiger partial charge on any atom is -0.496 e. The number of ether oxygens (including phenoxy) is 4. The molecule has 1 aliphatic heterocycles. The monoisotopic (exact) mass is 374 g/mol. The summed E-state index contributed by atoms with van der Waals surface area (Å²) in [5.74, 6) is -1.64. The molecule has 0 aromatic heterocycles. The Labute approximate surface area is 154 Å². The van der Waals surface area contributed by atoms with E-state index in [0.29, 0.717) is 16.9 Å². The van der Waals surface area contributed by atoms with Crippen molar-refractivity contribution in [1.82, 2.24) is 0 Å². The summed E-state index contributed by atoms with van der Waals surface area (Å²) in [5.41, 5.74) is 0.975. The standard InChI is InChI=1S/C19H18O8/c1-8-5-13(25-4)11(7-20)16-14(8)19(23)27-15-9(2)12(24-3)6-10(18(21)22)17(15)26-16/h5-6,20H,7H2,1-4H3,(H,21,22). The number of carboxylic acids is 1. The van der Waals surface area contributed by atoms with Crippen molar-refractivity contribution in [2.45, 2.75) is 20.5 Å². The fraction of sp³-hybridized carbons (Fsp3) is 0.263. The molecule has 0 unspecified atom stereocenters. The number of fused-ring (bicyclic) bond motifs is 2. The van der Waals surface area contributed by atoms with E-state index in [-0.39, 0.29) is 39.7 Å². The summed E-state index contributed by atoms with van der Waals surface area (Å²) < 4.78 is 21.8. The largest absolute Gasteiger partial charge is 0.496 e. The van der Waals surface area contributed by atoms with Gasteiger partial charge in [-0.15, -0.1) is 0 Å². The maximum absolute atomic E-state index is 12.8. The third-order valence-electron chi connectivity index (χ3n) is 4.41. The summed E-state index contributed by atoms with van der Waals surface area (Å²) in [6, 6.07) is 2.87. The topological polar surface area (TPSA) is 112 Å². The highest BCUT2D eigenvalue weighted by molar-refractivity contribution is 6.00. The predicted octanol–water partition coefficient (Wildman–Crippen LogP) is 2.84. The van der Waals surface area contributed by atoms with E-state index in [0.717, 1.165) is 0 Å². The fourth-order valence-electron chi connectivity index (χ4n) is 3.05. The quantitative estimate of drug-likeness (QED) is 0.621. The molecule has 2 aromatic carbocycles. The summed E-state index contributed by atoms with van der Waals surface area (Å²) in [6.45, 7) is 2.80. The lowest BCUT2D eigenvalue weighted by molar-refractivity contribution is 0.0685. The first-order valence-corrected chi connectivity index (χ1v) is 8.00. The third kappa shape index (κ3) is 2.83. The number of hydrogen-bond acceptors (Lipinski definition) is 7. The summed E-state index contributed by atoms with van der Waals surface area (Å²) in [5, 5.41) is 19.4. The molecule has 1 aliphatic rings.